The molecule has 0 saturated carbocycles. The van der Waals surface area contributed by atoms with E-state index in [1.165, 1.54) is 0 Å². The minimum Gasteiger partial charge on any atom is -0.308 e. The Morgan fingerprint density at radius 3 is 2.04 bits per heavy atom. The Morgan fingerprint density at radius 1 is 1.00 bits per heavy atom. The molecule has 0 fully saturated rings. The average molecular weight is 415 g/mol. The summed E-state index contributed by atoms with van der Waals surface area (Å²) in [4.78, 5) is 0.620. The molecular weight excluding hydrogens is 391 g/mol. The Balaban J connectivity index is 2.48. The van der Waals surface area contributed by atoms with Crippen LogP contribution in [0.4, 0.5) is 0 Å². The van der Waals surface area contributed by atoms with E-state index < -0.39 is 28.8 Å². The standard InChI is InChI=1S/C19H24ClO4PS/c1-4-23-25(21,24-5-2)19(20)18(16-9-7-6-8-10-16)26(22)17-13-11-15(3)12-14-17/h6-14,18-19H,4-5H2,1-3H3/t18-,19+,26?/m1/s1. The minimum atomic E-state index is -3.64. The quantitative estimate of drug-likeness (QED) is 0.391. The van der Waals surface area contributed by atoms with E-state index in [1.54, 1.807) is 26.0 Å². The fraction of sp³-hybridized carbons (Fsp3) is 0.368. The summed E-state index contributed by atoms with van der Waals surface area (Å²) in [6.45, 7) is 5.80. The van der Waals surface area contributed by atoms with Crippen molar-refractivity contribution in [1.29, 1.82) is 0 Å². The van der Waals surface area contributed by atoms with Crippen LogP contribution in [0.25, 0.3) is 0 Å². The highest BCUT2D eigenvalue weighted by Gasteiger charge is 2.43. The van der Waals surface area contributed by atoms with Gasteiger partial charge in [-0.15, -0.1) is 11.6 Å². The molecule has 0 heterocycles. The molecule has 0 amide bonds. The maximum atomic E-state index is 13.3. The number of rotatable bonds is 9. The van der Waals surface area contributed by atoms with Gasteiger partial charge in [-0.25, -0.2) is 0 Å². The van der Waals surface area contributed by atoms with Crippen LogP contribution in [-0.4, -0.2) is 22.5 Å². The lowest BCUT2D eigenvalue weighted by atomic mass is 10.2. The number of halogens is 1. The van der Waals surface area contributed by atoms with E-state index in [-0.39, 0.29) is 13.2 Å². The van der Waals surface area contributed by atoms with E-state index in [2.05, 4.69) is 0 Å². The molecule has 7 heteroatoms. The van der Waals surface area contributed by atoms with Gasteiger partial charge in [-0.05, 0) is 38.5 Å². The Labute approximate surface area is 162 Å². The molecule has 1 unspecified atom stereocenters. The second kappa shape index (κ2) is 9.82. The second-order valence-corrected chi connectivity index (χ2v) is 10.2. The number of aryl methyl sites for hydroxylation is 1. The van der Waals surface area contributed by atoms with Crippen LogP contribution in [0.2, 0.25) is 0 Å². The maximum absolute atomic E-state index is 13.3. The molecule has 26 heavy (non-hydrogen) atoms. The van der Waals surface area contributed by atoms with Crippen molar-refractivity contribution in [2.24, 2.45) is 0 Å². The van der Waals surface area contributed by atoms with Crippen LogP contribution in [0.15, 0.2) is 59.5 Å². The zero-order valence-electron chi connectivity index (χ0n) is 15.1. The van der Waals surface area contributed by atoms with Crippen molar-refractivity contribution in [2.45, 2.75) is 36.0 Å². The van der Waals surface area contributed by atoms with E-state index in [0.29, 0.717) is 4.90 Å². The number of alkyl halides is 1. The summed E-state index contributed by atoms with van der Waals surface area (Å²) in [6, 6.07) is 16.6. The highest BCUT2D eigenvalue weighted by molar-refractivity contribution is 7.86. The highest BCUT2D eigenvalue weighted by atomic mass is 35.5. The van der Waals surface area contributed by atoms with Gasteiger partial charge in [0.25, 0.3) is 0 Å². The van der Waals surface area contributed by atoms with Gasteiger partial charge in [0.1, 0.15) is 0 Å². The van der Waals surface area contributed by atoms with E-state index in [9.17, 15) is 8.77 Å². The van der Waals surface area contributed by atoms with E-state index >= 15 is 0 Å². The molecule has 3 atom stereocenters. The lowest BCUT2D eigenvalue weighted by Crippen LogP contribution is -2.21. The Kier molecular flexibility index (Phi) is 8.05. The van der Waals surface area contributed by atoms with Gasteiger partial charge in [-0.1, -0.05) is 48.0 Å². The van der Waals surface area contributed by atoms with Gasteiger partial charge in [0.05, 0.1) is 29.3 Å². The van der Waals surface area contributed by atoms with Crippen LogP contribution >= 0.6 is 19.2 Å². The summed E-state index contributed by atoms with van der Waals surface area (Å²) < 4.78 is 37.4. The van der Waals surface area contributed by atoms with E-state index in [4.69, 9.17) is 20.6 Å². The zero-order valence-corrected chi connectivity index (χ0v) is 17.6. The summed E-state index contributed by atoms with van der Waals surface area (Å²) in [5.41, 5.74) is 1.80. The van der Waals surface area contributed by atoms with Gasteiger partial charge >= 0.3 is 7.60 Å². The molecule has 2 aromatic carbocycles. The number of hydrogen-bond donors (Lipinski definition) is 0. The van der Waals surface area contributed by atoms with Crippen molar-refractivity contribution in [3.05, 3.63) is 65.7 Å². The first-order valence-corrected chi connectivity index (χ1v) is 11.7. The average Bonchev–Trinajstić information content (AvgIpc) is 2.63. The third-order valence-electron chi connectivity index (χ3n) is 3.78. The first kappa shape index (κ1) is 21.3. The number of hydrogen-bond acceptors (Lipinski definition) is 4. The Bertz CT molecular complexity index is 757. The number of benzene rings is 2. The summed E-state index contributed by atoms with van der Waals surface area (Å²) in [5.74, 6) is 0. The molecule has 0 bridgehead atoms. The largest absolute Gasteiger partial charge is 0.349 e. The molecule has 0 aliphatic rings. The third kappa shape index (κ3) is 5.05. The zero-order chi connectivity index (χ0) is 19.2. The second-order valence-electron chi connectivity index (χ2n) is 5.69. The van der Waals surface area contributed by atoms with Crippen molar-refractivity contribution >= 4 is 30.0 Å². The summed E-state index contributed by atoms with van der Waals surface area (Å²) in [7, 11) is -5.17. The summed E-state index contributed by atoms with van der Waals surface area (Å²) in [6.07, 6.45) is 0. The molecule has 0 radical (unpaired) electrons. The van der Waals surface area contributed by atoms with Crippen molar-refractivity contribution in [3.8, 4) is 0 Å². The molecule has 142 valence electrons. The molecule has 0 aliphatic carbocycles. The van der Waals surface area contributed by atoms with Crippen LogP contribution in [0.5, 0.6) is 0 Å². The molecule has 0 N–H and O–H groups in total. The molecule has 0 aliphatic heterocycles. The van der Waals surface area contributed by atoms with Crippen LogP contribution in [-0.2, 0) is 24.4 Å². The first-order valence-electron chi connectivity index (χ1n) is 8.48. The van der Waals surface area contributed by atoms with Crippen molar-refractivity contribution in [3.63, 3.8) is 0 Å². The molecule has 0 spiro atoms. The van der Waals surface area contributed by atoms with Gasteiger partial charge in [-0.3, -0.25) is 8.77 Å². The van der Waals surface area contributed by atoms with E-state index in [0.717, 1.165) is 11.1 Å². The smallest absolute Gasteiger partial charge is 0.308 e. The monoisotopic (exact) mass is 414 g/mol. The van der Waals surface area contributed by atoms with Crippen molar-refractivity contribution in [1.82, 2.24) is 0 Å². The van der Waals surface area contributed by atoms with Crippen molar-refractivity contribution < 1.29 is 17.8 Å². The Morgan fingerprint density at radius 2 is 1.54 bits per heavy atom. The highest BCUT2D eigenvalue weighted by Crippen LogP contribution is 2.60. The summed E-state index contributed by atoms with van der Waals surface area (Å²) >= 11 is 6.62. The first-order chi connectivity index (χ1) is 12.4. The predicted molar refractivity (Wildman–Crippen MR) is 107 cm³/mol. The van der Waals surface area contributed by atoms with E-state index in [1.807, 2.05) is 49.4 Å². The molecule has 2 aromatic rings. The molecule has 0 saturated heterocycles. The van der Waals surface area contributed by atoms with Gasteiger partial charge in [0, 0.05) is 4.90 Å². The van der Waals surface area contributed by atoms with Crippen LogP contribution < -0.4 is 0 Å². The predicted octanol–water partition coefficient (Wildman–Crippen LogP) is 5.67. The summed E-state index contributed by atoms with van der Waals surface area (Å²) in [5, 5.41) is -1.81. The topological polar surface area (TPSA) is 52.6 Å². The molecule has 2 rings (SSSR count). The maximum Gasteiger partial charge on any atom is 0.349 e. The lowest BCUT2D eigenvalue weighted by molar-refractivity contribution is 0.217. The molecule has 0 aromatic heterocycles. The molecule has 4 nitrogen and oxygen atoms in total. The normalized spacial score (nSPS) is 15.4. The lowest BCUT2D eigenvalue weighted by Gasteiger charge is -2.28. The Hall–Kier alpha value is -0.970. The van der Waals surface area contributed by atoms with Gasteiger partial charge in [0.15, 0.2) is 5.12 Å². The van der Waals surface area contributed by atoms with Crippen LogP contribution in [0.1, 0.15) is 30.2 Å². The van der Waals surface area contributed by atoms with Gasteiger partial charge in [0.2, 0.25) is 0 Å². The van der Waals surface area contributed by atoms with Gasteiger partial charge < -0.3 is 9.05 Å². The van der Waals surface area contributed by atoms with Gasteiger partial charge in [-0.2, -0.15) is 0 Å². The van der Waals surface area contributed by atoms with Crippen LogP contribution in [0.3, 0.4) is 0 Å². The van der Waals surface area contributed by atoms with Crippen molar-refractivity contribution in [2.75, 3.05) is 13.2 Å². The fourth-order valence-corrected chi connectivity index (χ4v) is 6.98. The SMILES string of the molecule is CCOP(=O)(OCC)[C@H](Cl)[C@@H](c1ccccc1)S(=O)c1ccc(C)cc1. The molecular formula is C19H24ClO4PS. The fourth-order valence-electron chi connectivity index (χ4n) is 2.55. The van der Waals surface area contributed by atoms with Crippen LogP contribution in [0, 0.1) is 6.92 Å². The third-order valence-corrected chi connectivity index (χ3v) is 8.98. The minimum absolute atomic E-state index is 0.194.